The molecule has 0 radical (unpaired) electrons. The molecule has 23 heavy (non-hydrogen) atoms. The smallest absolute Gasteiger partial charge is 0.357 e. The zero-order valence-corrected chi connectivity index (χ0v) is 13.3. The minimum atomic E-state index is -0.444. The molecule has 3 aromatic rings. The van der Waals surface area contributed by atoms with Gasteiger partial charge in [0.1, 0.15) is 0 Å². The molecule has 1 N–H and O–H groups in total. The highest BCUT2D eigenvalue weighted by Crippen LogP contribution is 2.29. The van der Waals surface area contributed by atoms with Crippen molar-refractivity contribution in [2.75, 3.05) is 11.9 Å². The topological polar surface area (TPSA) is 51.2 Å². The Morgan fingerprint density at radius 1 is 1.17 bits per heavy atom. The number of nitrogens with zero attached hydrogens (tertiary/aromatic N) is 1. The van der Waals surface area contributed by atoms with Crippen LogP contribution in [0.2, 0.25) is 5.02 Å². The van der Waals surface area contributed by atoms with Crippen molar-refractivity contribution in [1.29, 1.82) is 0 Å². The van der Waals surface area contributed by atoms with Crippen LogP contribution >= 0.6 is 11.6 Å². The third-order valence-electron chi connectivity index (χ3n) is 3.31. The second-order valence-corrected chi connectivity index (χ2v) is 5.36. The number of esters is 1. The van der Waals surface area contributed by atoms with Crippen molar-refractivity contribution in [1.82, 2.24) is 4.98 Å². The highest BCUT2D eigenvalue weighted by Gasteiger charge is 2.13. The number of hydrogen-bond acceptors (Lipinski definition) is 4. The first-order valence-electron chi connectivity index (χ1n) is 7.27. The average molecular weight is 327 g/mol. The molecule has 1 aromatic heterocycles. The summed E-state index contributed by atoms with van der Waals surface area (Å²) in [6, 6.07) is 16.7. The fourth-order valence-electron chi connectivity index (χ4n) is 2.29. The van der Waals surface area contributed by atoms with Gasteiger partial charge >= 0.3 is 5.97 Å². The lowest BCUT2D eigenvalue weighted by atomic mass is 10.1. The van der Waals surface area contributed by atoms with E-state index in [9.17, 15) is 4.79 Å². The van der Waals surface area contributed by atoms with Gasteiger partial charge < -0.3 is 10.1 Å². The molecule has 0 saturated heterocycles. The number of pyridine rings is 1. The van der Waals surface area contributed by atoms with Crippen LogP contribution in [-0.2, 0) is 4.74 Å². The molecule has 116 valence electrons. The highest BCUT2D eigenvalue weighted by molar-refractivity contribution is 6.31. The fourth-order valence-corrected chi connectivity index (χ4v) is 2.46. The van der Waals surface area contributed by atoms with Crippen LogP contribution < -0.4 is 5.32 Å². The first-order valence-corrected chi connectivity index (χ1v) is 7.64. The Labute approximate surface area is 139 Å². The second-order valence-electron chi connectivity index (χ2n) is 4.93. The van der Waals surface area contributed by atoms with Crippen molar-refractivity contribution in [2.24, 2.45) is 0 Å². The van der Waals surface area contributed by atoms with E-state index in [2.05, 4.69) is 10.3 Å². The molecular formula is C18H15ClN2O2. The molecule has 1 heterocycles. The van der Waals surface area contributed by atoms with Gasteiger partial charge in [-0.1, -0.05) is 29.8 Å². The number of anilines is 2. The van der Waals surface area contributed by atoms with Gasteiger partial charge in [0.15, 0.2) is 5.69 Å². The van der Waals surface area contributed by atoms with E-state index in [1.807, 2.05) is 36.4 Å². The van der Waals surface area contributed by atoms with E-state index in [1.165, 1.54) is 0 Å². The van der Waals surface area contributed by atoms with E-state index in [-0.39, 0.29) is 5.69 Å². The van der Waals surface area contributed by atoms with E-state index < -0.39 is 5.97 Å². The number of ether oxygens (including phenoxy) is 1. The molecule has 0 fully saturated rings. The van der Waals surface area contributed by atoms with Crippen LogP contribution in [0.25, 0.3) is 10.9 Å². The molecule has 0 bridgehead atoms. The Morgan fingerprint density at radius 2 is 1.96 bits per heavy atom. The van der Waals surface area contributed by atoms with Gasteiger partial charge in [0.2, 0.25) is 0 Å². The van der Waals surface area contributed by atoms with Crippen molar-refractivity contribution in [3.05, 3.63) is 65.3 Å². The molecule has 0 unspecified atom stereocenters. The summed E-state index contributed by atoms with van der Waals surface area (Å²) in [7, 11) is 0. The molecule has 4 nitrogen and oxygen atoms in total. The first-order chi connectivity index (χ1) is 11.2. The quantitative estimate of drug-likeness (QED) is 0.699. The maximum absolute atomic E-state index is 12.0. The first kappa shape index (κ1) is 15.3. The molecule has 2 aromatic carbocycles. The minimum Gasteiger partial charge on any atom is -0.461 e. The average Bonchev–Trinajstić information content (AvgIpc) is 2.56. The largest absolute Gasteiger partial charge is 0.461 e. The molecule has 0 aliphatic heterocycles. The summed E-state index contributed by atoms with van der Waals surface area (Å²) in [6.45, 7) is 2.07. The van der Waals surface area contributed by atoms with Crippen LogP contribution in [-0.4, -0.2) is 17.6 Å². The Hall–Kier alpha value is -2.59. The van der Waals surface area contributed by atoms with E-state index >= 15 is 0 Å². The maximum Gasteiger partial charge on any atom is 0.357 e. The second kappa shape index (κ2) is 6.67. The molecule has 0 aliphatic carbocycles. The maximum atomic E-state index is 12.0. The molecule has 0 atom stereocenters. The summed E-state index contributed by atoms with van der Waals surface area (Å²) >= 11 is 6.10. The number of carbonyl (C=O) groups excluding carboxylic acids is 1. The van der Waals surface area contributed by atoms with Crippen molar-refractivity contribution in [2.45, 2.75) is 6.92 Å². The zero-order valence-electron chi connectivity index (χ0n) is 12.5. The Morgan fingerprint density at radius 3 is 2.70 bits per heavy atom. The number of hydrogen-bond donors (Lipinski definition) is 1. The third kappa shape index (κ3) is 3.43. The molecule has 5 heteroatoms. The lowest BCUT2D eigenvalue weighted by Gasteiger charge is -2.12. The van der Waals surface area contributed by atoms with Crippen molar-refractivity contribution in [3.63, 3.8) is 0 Å². The predicted molar refractivity (Wildman–Crippen MR) is 92.4 cm³/mol. The van der Waals surface area contributed by atoms with Crippen LogP contribution in [0.15, 0.2) is 54.6 Å². The van der Waals surface area contributed by atoms with Gasteiger partial charge in [-0.25, -0.2) is 9.78 Å². The van der Waals surface area contributed by atoms with E-state index in [0.717, 1.165) is 16.8 Å². The van der Waals surface area contributed by atoms with Crippen LogP contribution in [0.3, 0.4) is 0 Å². The van der Waals surface area contributed by atoms with Gasteiger partial charge in [-0.2, -0.15) is 0 Å². The molecular weight excluding hydrogens is 312 g/mol. The van der Waals surface area contributed by atoms with E-state index in [1.54, 1.807) is 25.1 Å². The molecule has 3 rings (SSSR count). The van der Waals surface area contributed by atoms with Crippen molar-refractivity contribution in [3.8, 4) is 0 Å². The summed E-state index contributed by atoms with van der Waals surface area (Å²) in [4.78, 5) is 16.4. The summed E-state index contributed by atoms with van der Waals surface area (Å²) in [5, 5.41) is 4.76. The zero-order chi connectivity index (χ0) is 16.2. The van der Waals surface area contributed by atoms with Gasteiger partial charge in [0, 0.05) is 16.1 Å². The molecule has 0 saturated carbocycles. The summed E-state index contributed by atoms with van der Waals surface area (Å²) in [5.74, 6) is -0.444. The molecule has 0 spiro atoms. The number of aromatic nitrogens is 1. The van der Waals surface area contributed by atoms with Crippen LogP contribution in [0, 0.1) is 0 Å². The van der Waals surface area contributed by atoms with Gasteiger partial charge in [-0.15, -0.1) is 0 Å². The van der Waals surface area contributed by atoms with Crippen LogP contribution in [0.5, 0.6) is 0 Å². The normalized spacial score (nSPS) is 10.5. The van der Waals surface area contributed by atoms with Gasteiger partial charge in [-0.3, -0.25) is 0 Å². The minimum absolute atomic E-state index is 0.264. The number of halogens is 1. The third-order valence-corrected chi connectivity index (χ3v) is 3.54. The van der Waals surface area contributed by atoms with Gasteiger partial charge in [0.25, 0.3) is 0 Å². The predicted octanol–water partition coefficient (Wildman–Crippen LogP) is 4.81. The lowest BCUT2D eigenvalue weighted by molar-refractivity contribution is 0.0520. The lowest BCUT2D eigenvalue weighted by Crippen LogP contribution is -2.08. The van der Waals surface area contributed by atoms with Gasteiger partial charge in [0.05, 0.1) is 17.8 Å². The number of rotatable bonds is 4. The Bertz CT molecular complexity index is 850. The van der Waals surface area contributed by atoms with Crippen LogP contribution in [0.1, 0.15) is 17.4 Å². The van der Waals surface area contributed by atoms with E-state index in [4.69, 9.17) is 16.3 Å². The van der Waals surface area contributed by atoms with Crippen LogP contribution in [0.4, 0.5) is 11.4 Å². The van der Waals surface area contributed by atoms with Crippen molar-refractivity contribution >= 4 is 39.8 Å². The molecule has 0 aliphatic rings. The standard InChI is InChI=1S/C18H15ClN2O2/c1-2-23-18(22)17-11-16(20-13-6-4-3-5-7-13)14-10-12(19)8-9-15(14)21-17/h3-11H,2H2,1H3,(H,20,21). The monoisotopic (exact) mass is 326 g/mol. The number of fused-ring (bicyclic) bond motifs is 1. The van der Waals surface area contributed by atoms with Crippen molar-refractivity contribution < 1.29 is 9.53 Å². The number of nitrogens with one attached hydrogen (secondary N) is 1. The summed E-state index contributed by atoms with van der Waals surface area (Å²) < 4.78 is 5.05. The number of carbonyl (C=O) groups is 1. The summed E-state index contributed by atoms with van der Waals surface area (Å²) in [6.07, 6.45) is 0. The SMILES string of the molecule is CCOC(=O)c1cc(Nc2ccccc2)c2cc(Cl)ccc2n1. The Balaban J connectivity index is 2.12. The molecule has 0 amide bonds. The number of para-hydroxylation sites is 1. The Kier molecular flexibility index (Phi) is 4.44. The number of benzene rings is 2. The summed E-state index contributed by atoms with van der Waals surface area (Å²) in [5.41, 5.74) is 2.61. The van der Waals surface area contributed by atoms with Gasteiger partial charge in [-0.05, 0) is 43.3 Å². The van der Waals surface area contributed by atoms with E-state index in [0.29, 0.717) is 17.1 Å². The highest BCUT2D eigenvalue weighted by atomic mass is 35.5. The fraction of sp³-hybridized carbons (Fsp3) is 0.111.